The van der Waals surface area contributed by atoms with Crippen molar-refractivity contribution in [3.63, 3.8) is 0 Å². The van der Waals surface area contributed by atoms with Crippen LogP contribution in [0.5, 0.6) is 0 Å². The smallest absolute Gasteiger partial charge is 0.255 e. The minimum atomic E-state index is -0.132. The molecular weight excluding hydrogens is 442 g/mol. The molecular formula is C27H23N5OS. The highest BCUT2D eigenvalue weighted by Crippen LogP contribution is 2.23. The van der Waals surface area contributed by atoms with E-state index in [9.17, 15) is 4.79 Å². The van der Waals surface area contributed by atoms with Crippen LogP contribution >= 0.6 is 11.3 Å². The van der Waals surface area contributed by atoms with Gasteiger partial charge in [-0.3, -0.25) is 4.79 Å². The summed E-state index contributed by atoms with van der Waals surface area (Å²) >= 11 is 1.66. The number of anilines is 3. The zero-order chi connectivity index (χ0) is 23.3. The van der Waals surface area contributed by atoms with Gasteiger partial charge in [-0.2, -0.15) is 16.3 Å². The van der Waals surface area contributed by atoms with Crippen LogP contribution in [0.1, 0.15) is 15.9 Å². The second-order valence-electron chi connectivity index (χ2n) is 7.76. The molecule has 2 aromatic heterocycles. The highest BCUT2D eigenvalue weighted by molar-refractivity contribution is 7.08. The third kappa shape index (κ3) is 4.74. The summed E-state index contributed by atoms with van der Waals surface area (Å²) in [6.07, 6.45) is 0. The fourth-order valence-corrected chi connectivity index (χ4v) is 4.34. The van der Waals surface area contributed by atoms with E-state index in [1.807, 2.05) is 85.2 Å². The number of rotatable bonds is 7. The molecule has 5 aromatic rings. The van der Waals surface area contributed by atoms with Crippen molar-refractivity contribution >= 4 is 45.6 Å². The maximum absolute atomic E-state index is 12.6. The monoisotopic (exact) mass is 465 g/mol. The summed E-state index contributed by atoms with van der Waals surface area (Å²) in [6, 6.07) is 25.4. The number of para-hydroxylation sites is 1. The molecule has 5 rings (SSSR count). The minimum Gasteiger partial charge on any atom is -0.372 e. The molecule has 0 bridgehead atoms. The van der Waals surface area contributed by atoms with Gasteiger partial charge in [0.2, 0.25) is 5.95 Å². The Labute approximate surface area is 201 Å². The summed E-state index contributed by atoms with van der Waals surface area (Å²) in [5, 5.41) is 14.5. The number of thiophene rings is 1. The number of aromatic nitrogens is 2. The lowest BCUT2D eigenvalue weighted by Crippen LogP contribution is -2.12. The summed E-state index contributed by atoms with van der Waals surface area (Å²) in [5.74, 6) is 1.22. The van der Waals surface area contributed by atoms with Crippen molar-refractivity contribution < 1.29 is 4.79 Å². The summed E-state index contributed by atoms with van der Waals surface area (Å²) in [7, 11) is 1.85. The van der Waals surface area contributed by atoms with Gasteiger partial charge in [-0.05, 0) is 69.9 Å². The van der Waals surface area contributed by atoms with E-state index >= 15 is 0 Å². The fourth-order valence-electron chi connectivity index (χ4n) is 3.68. The van der Waals surface area contributed by atoms with Crippen LogP contribution in [-0.2, 0) is 6.54 Å². The first-order chi connectivity index (χ1) is 16.7. The molecule has 1 amide bonds. The molecule has 0 fully saturated rings. The molecule has 34 heavy (non-hydrogen) atoms. The van der Waals surface area contributed by atoms with Gasteiger partial charge in [0.15, 0.2) is 0 Å². The minimum absolute atomic E-state index is 0.132. The molecule has 3 aromatic carbocycles. The first kappa shape index (κ1) is 21.6. The fraction of sp³-hybridized carbons (Fsp3) is 0.0741. The van der Waals surface area contributed by atoms with Gasteiger partial charge in [0.1, 0.15) is 5.82 Å². The largest absolute Gasteiger partial charge is 0.372 e. The Balaban J connectivity index is 1.21. The molecule has 0 aliphatic carbocycles. The lowest BCUT2D eigenvalue weighted by molar-refractivity contribution is 0.102. The van der Waals surface area contributed by atoms with Crippen molar-refractivity contribution in [2.24, 2.45) is 0 Å². The van der Waals surface area contributed by atoms with Crippen molar-refractivity contribution in [2.45, 2.75) is 6.54 Å². The van der Waals surface area contributed by atoms with Crippen LogP contribution in [0.4, 0.5) is 17.5 Å². The SMILES string of the molecule is CNc1nc(NCc2ccc(NC(=O)c3ccc(-c4ccsc4)cc3)cc2)nc2ccccc12. The van der Waals surface area contributed by atoms with Gasteiger partial charge in [-0.25, -0.2) is 4.98 Å². The van der Waals surface area contributed by atoms with Crippen molar-refractivity contribution in [3.05, 3.63) is 101 Å². The topological polar surface area (TPSA) is 78.9 Å². The Morgan fingerprint density at radius 2 is 1.68 bits per heavy atom. The van der Waals surface area contributed by atoms with E-state index in [1.165, 1.54) is 0 Å². The van der Waals surface area contributed by atoms with Gasteiger partial charge in [0.05, 0.1) is 5.52 Å². The molecule has 0 spiro atoms. The van der Waals surface area contributed by atoms with Gasteiger partial charge in [-0.15, -0.1) is 0 Å². The molecule has 0 unspecified atom stereocenters. The number of hydrogen-bond acceptors (Lipinski definition) is 6. The number of nitrogens with zero attached hydrogens (tertiary/aromatic N) is 2. The lowest BCUT2D eigenvalue weighted by atomic mass is 10.1. The van der Waals surface area contributed by atoms with Gasteiger partial charge in [0.25, 0.3) is 5.91 Å². The number of carbonyl (C=O) groups is 1. The molecule has 0 aliphatic rings. The average molecular weight is 466 g/mol. The van der Waals surface area contributed by atoms with Crippen molar-refractivity contribution in [3.8, 4) is 11.1 Å². The number of benzene rings is 3. The summed E-state index contributed by atoms with van der Waals surface area (Å²) < 4.78 is 0. The van der Waals surface area contributed by atoms with Crippen LogP contribution in [0, 0.1) is 0 Å². The van der Waals surface area contributed by atoms with Gasteiger partial charge >= 0.3 is 0 Å². The van der Waals surface area contributed by atoms with Gasteiger partial charge in [-0.1, -0.05) is 36.4 Å². The first-order valence-corrected chi connectivity index (χ1v) is 11.9. The molecule has 0 saturated carbocycles. The number of nitrogens with one attached hydrogen (secondary N) is 3. The number of hydrogen-bond donors (Lipinski definition) is 3. The lowest BCUT2D eigenvalue weighted by Gasteiger charge is -2.10. The average Bonchev–Trinajstić information content (AvgIpc) is 3.43. The second kappa shape index (κ2) is 9.72. The summed E-state index contributed by atoms with van der Waals surface area (Å²) in [6.45, 7) is 0.569. The highest BCUT2D eigenvalue weighted by atomic mass is 32.1. The maximum Gasteiger partial charge on any atom is 0.255 e. The highest BCUT2D eigenvalue weighted by Gasteiger charge is 2.08. The maximum atomic E-state index is 12.6. The van der Waals surface area contributed by atoms with Crippen LogP contribution < -0.4 is 16.0 Å². The van der Waals surface area contributed by atoms with Crippen LogP contribution in [-0.4, -0.2) is 22.9 Å². The molecule has 0 aliphatic heterocycles. The molecule has 7 heteroatoms. The predicted molar refractivity (Wildman–Crippen MR) is 141 cm³/mol. The molecule has 0 saturated heterocycles. The van der Waals surface area contributed by atoms with Crippen molar-refractivity contribution in [1.29, 1.82) is 0 Å². The van der Waals surface area contributed by atoms with E-state index in [2.05, 4.69) is 37.4 Å². The normalized spacial score (nSPS) is 10.7. The third-order valence-electron chi connectivity index (χ3n) is 5.50. The zero-order valence-corrected chi connectivity index (χ0v) is 19.4. The van der Waals surface area contributed by atoms with Gasteiger partial charge in [0, 0.05) is 30.2 Å². The van der Waals surface area contributed by atoms with E-state index in [-0.39, 0.29) is 5.91 Å². The van der Waals surface area contributed by atoms with Crippen LogP contribution in [0.2, 0.25) is 0 Å². The van der Waals surface area contributed by atoms with Crippen molar-refractivity contribution in [2.75, 3.05) is 23.0 Å². The predicted octanol–water partition coefficient (Wildman–Crippen LogP) is 6.26. The Hall–Kier alpha value is -4.23. The quantitative estimate of drug-likeness (QED) is 0.264. The summed E-state index contributed by atoms with van der Waals surface area (Å²) in [4.78, 5) is 21.8. The zero-order valence-electron chi connectivity index (χ0n) is 18.6. The van der Waals surface area contributed by atoms with E-state index in [4.69, 9.17) is 0 Å². The van der Waals surface area contributed by atoms with Crippen LogP contribution in [0.15, 0.2) is 89.6 Å². The van der Waals surface area contributed by atoms with Crippen LogP contribution in [0.3, 0.4) is 0 Å². The Morgan fingerprint density at radius 1 is 0.882 bits per heavy atom. The molecule has 2 heterocycles. The van der Waals surface area contributed by atoms with E-state index < -0.39 is 0 Å². The Kier molecular flexibility index (Phi) is 6.18. The van der Waals surface area contributed by atoms with E-state index in [1.54, 1.807) is 11.3 Å². The molecule has 0 atom stereocenters. The Bertz CT molecular complexity index is 1410. The first-order valence-electron chi connectivity index (χ1n) is 10.9. The molecule has 6 nitrogen and oxygen atoms in total. The third-order valence-corrected chi connectivity index (χ3v) is 6.19. The van der Waals surface area contributed by atoms with Crippen LogP contribution in [0.25, 0.3) is 22.0 Å². The molecule has 3 N–H and O–H groups in total. The second-order valence-corrected chi connectivity index (χ2v) is 8.54. The molecule has 0 radical (unpaired) electrons. The Morgan fingerprint density at radius 3 is 2.41 bits per heavy atom. The summed E-state index contributed by atoms with van der Waals surface area (Å²) in [5.41, 5.74) is 5.57. The van der Waals surface area contributed by atoms with Gasteiger partial charge < -0.3 is 16.0 Å². The van der Waals surface area contributed by atoms with E-state index in [0.717, 1.165) is 39.1 Å². The van der Waals surface area contributed by atoms with Crippen molar-refractivity contribution in [1.82, 2.24) is 9.97 Å². The molecule has 168 valence electrons. The number of carbonyl (C=O) groups excluding carboxylic acids is 1. The standard InChI is InChI=1S/C27H23N5OS/c1-28-25-23-4-2-3-5-24(23)31-27(32-25)29-16-18-6-12-22(13-7-18)30-26(33)20-10-8-19(9-11-20)21-14-15-34-17-21/h2-15,17H,16H2,1H3,(H,30,33)(H2,28,29,31,32). The number of fused-ring (bicyclic) bond motifs is 1. The number of amides is 1. The van der Waals surface area contributed by atoms with E-state index in [0.29, 0.717) is 18.1 Å².